The minimum atomic E-state index is -1.15. The third-order valence-corrected chi connectivity index (χ3v) is 5.06. The molecule has 7 heteroatoms. The normalized spacial score (nSPS) is 17.0. The molecule has 3 rings (SSSR count). The molecule has 0 aliphatic carbocycles. The van der Waals surface area contributed by atoms with Crippen LogP contribution in [0.2, 0.25) is 0 Å². The summed E-state index contributed by atoms with van der Waals surface area (Å²) >= 11 is 0. The number of carbonyl (C=O) groups excluding carboxylic acids is 2. The molecular formula is C22H24N2O5. The lowest BCUT2D eigenvalue weighted by Gasteiger charge is -2.25. The molecule has 3 N–H and O–H groups in total. The lowest BCUT2D eigenvalue weighted by molar-refractivity contribution is -0.143. The standard InChI is InChI=1S/C22H24N2O5/c25-17-10-8-16(9-11-17)13-18(22(28)29)23-21(27)19-7-4-12-24(19)20(26)14-15-5-2-1-3-6-15/h1-3,5-6,8-11,18-19,25H,4,7,12-14H2,(H,23,27)(H,28,29)/t18-,19-/m0/s1. The number of phenolic OH excluding ortho intramolecular Hbond substituents is 1. The molecular weight excluding hydrogens is 372 g/mol. The van der Waals surface area contributed by atoms with Crippen molar-refractivity contribution in [3.05, 3.63) is 65.7 Å². The lowest BCUT2D eigenvalue weighted by atomic mass is 10.0. The lowest BCUT2D eigenvalue weighted by Crippen LogP contribution is -2.51. The van der Waals surface area contributed by atoms with Crippen molar-refractivity contribution in [2.24, 2.45) is 0 Å². The van der Waals surface area contributed by atoms with Crippen LogP contribution >= 0.6 is 0 Å². The van der Waals surface area contributed by atoms with Crippen LogP contribution in [0.3, 0.4) is 0 Å². The number of hydrogen-bond donors (Lipinski definition) is 3. The molecule has 0 bridgehead atoms. The van der Waals surface area contributed by atoms with Crippen LogP contribution in [-0.4, -0.2) is 51.5 Å². The van der Waals surface area contributed by atoms with Crippen LogP contribution in [0.25, 0.3) is 0 Å². The van der Waals surface area contributed by atoms with E-state index in [-0.39, 0.29) is 24.5 Å². The number of benzene rings is 2. The highest BCUT2D eigenvalue weighted by molar-refractivity contribution is 5.91. The summed E-state index contributed by atoms with van der Waals surface area (Å²) in [6.07, 6.45) is 1.51. The largest absolute Gasteiger partial charge is 0.508 e. The molecule has 1 aliphatic rings. The predicted molar refractivity (Wildman–Crippen MR) is 106 cm³/mol. The number of amides is 2. The third kappa shape index (κ3) is 5.34. The van der Waals surface area contributed by atoms with Crippen LogP contribution in [0, 0.1) is 0 Å². The van der Waals surface area contributed by atoms with Gasteiger partial charge in [0.2, 0.25) is 11.8 Å². The van der Waals surface area contributed by atoms with Gasteiger partial charge in [0.25, 0.3) is 0 Å². The number of aliphatic carboxylic acids is 1. The van der Waals surface area contributed by atoms with Gasteiger partial charge in [-0.15, -0.1) is 0 Å². The van der Waals surface area contributed by atoms with E-state index in [0.29, 0.717) is 24.9 Å². The van der Waals surface area contributed by atoms with Gasteiger partial charge in [0.1, 0.15) is 17.8 Å². The summed E-state index contributed by atoms with van der Waals surface area (Å²) in [5.74, 6) is -1.65. The van der Waals surface area contributed by atoms with Gasteiger partial charge in [0.05, 0.1) is 6.42 Å². The molecule has 0 unspecified atom stereocenters. The molecule has 0 aromatic heterocycles. The van der Waals surface area contributed by atoms with Crippen LogP contribution < -0.4 is 5.32 Å². The second kappa shape index (κ2) is 9.23. The maximum absolute atomic E-state index is 12.8. The zero-order valence-corrected chi connectivity index (χ0v) is 16.0. The Kier molecular flexibility index (Phi) is 6.49. The summed E-state index contributed by atoms with van der Waals surface area (Å²) in [4.78, 5) is 38.6. The zero-order valence-electron chi connectivity index (χ0n) is 16.0. The SMILES string of the molecule is O=C(O)[C@H](Cc1ccc(O)cc1)NC(=O)[C@@H]1CCCN1C(=O)Cc1ccccc1. The molecule has 1 aliphatic heterocycles. The summed E-state index contributed by atoms with van der Waals surface area (Å²) < 4.78 is 0. The molecule has 2 atom stereocenters. The van der Waals surface area contributed by atoms with E-state index in [4.69, 9.17) is 0 Å². The molecule has 0 radical (unpaired) electrons. The summed E-state index contributed by atoms with van der Waals surface area (Å²) in [5, 5.41) is 21.4. The quantitative estimate of drug-likeness (QED) is 0.661. The Balaban J connectivity index is 1.64. The van der Waals surface area contributed by atoms with Gasteiger partial charge in [-0.05, 0) is 36.1 Å². The Bertz CT molecular complexity index is 867. The van der Waals surface area contributed by atoms with E-state index >= 15 is 0 Å². The van der Waals surface area contributed by atoms with Crippen LogP contribution in [0.1, 0.15) is 24.0 Å². The van der Waals surface area contributed by atoms with E-state index in [1.54, 1.807) is 17.0 Å². The number of carboxylic acids is 1. The fraction of sp³-hybridized carbons (Fsp3) is 0.318. The molecule has 7 nitrogen and oxygen atoms in total. The van der Waals surface area contributed by atoms with Gasteiger partial charge in [-0.1, -0.05) is 42.5 Å². The van der Waals surface area contributed by atoms with Gasteiger partial charge in [0, 0.05) is 13.0 Å². The molecule has 2 amide bonds. The number of likely N-dealkylation sites (tertiary alicyclic amines) is 1. The van der Waals surface area contributed by atoms with E-state index < -0.39 is 24.0 Å². The zero-order chi connectivity index (χ0) is 20.8. The Morgan fingerprint density at radius 3 is 2.38 bits per heavy atom. The fourth-order valence-corrected chi connectivity index (χ4v) is 3.55. The fourth-order valence-electron chi connectivity index (χ4n) is 3.55. The van der Waals surface area contributed by atoms with Gasteiger partial charge in [-0.25, -0.2) is 4.79 Å². The molecule has 1 saturated heterocycles. The van der Waals surface area contributed by atoms with Crippen molar-refractivity contribution in [1.29, 1.82) is 0 Å². The van der Waals surface area contributed by atoms with Crippen molar-refractivity contribution in [3.63, 3.8) is 0 Å². The average Bonchev–Trinajstić information content (AvgIpc) is 3.20. The van der Waals surface area contributed by atoms with Crippen molar-refractivity contribution < 1.29 is 24.6 Å². The van der Waals surface area contributed by atoms with Gasteiger partial charge >= 0.3 is 5.97 Å². The highest BCUT2D eigenvalue weighted by Gasteiger charge is 2.35. The average molecular weight is 396 g/mol. The summed E-state index contributed by atoms with van der Waals surface area (Å²) in [6.45, 7) is 0.486. The minimum Gasteiger partial charge on any atom is -0.508 e. The molecule has 29 heavy (non-hydrogen) atoms. The number of phenols is 1. The third-order valence-electron chi connectivity index (χ3n) is 5.06. The molecule has 1 heterocycles. The van der Waals surface area contributed by atoms with Crippen LogP contribution in [0.5, 0.6) is 5.75 Å². The van der Waals surface area contributed by atoms with Gasteiger partial charge in [0.15, 0.2) is 0 Å². The van der Waals surface area contributed by atoms with Crippen molar-refractivity contribution in [2.45, 2.75) is 37.8 Å². The van der Waals surface area contributed by atoms with Crippen molar-refractivity contribution >= 4 is 17.8 Å². The topological polar surface area (TPSA) is 107 Å². The molecule has 152 valence electrons. The van der Waals surface area contributed by atoms with E-state index in [1.165, 1.54) is 12.1 Å². The molecule has 1 fully saturated rings. The predicted octanol–water partition coefficient (Wildman–Crippen LogP) is 1.74. The van der Waals surface area contributed by atoms with Crippen LogP contribution in [0.15, 0.2) is 54.6 Å². The summed E-state index contributed by atoms with van der Waals surface area (Å²) in [6, 6.07) is 13.7. The van der Waals surface area contributed by atoms with Crippen molar-refractivity contribution in [2.75, 3.05) is 6.54 Å². The minimum absolute atomic E-state index is 0.0863. The Hall–Kier alpha value is -3.35. The smallest absolute Gasteiger partial charge is 0.326 e. The van der Waals surface area contributed by atoms with E-state index in [1.807, 2.05) is 30.3 Å². The van der Waals surface area contributed by atoms with Gasteiger partial charge in [-0.2, -0.15) is 0 Å². The van der Waals surface area contributed by atoms with E-state index in [0.717, 1.165) is 5.56 Å². The Morgan fingerprint density at radius 2 is 1.72 bits per heavy atom. The molecule has 2 aromatic carbocycles. The highest BCUT2D eigenvalue weighted by atomic mass is 16.4. The molecule has 2 aromatic rings. The molecule has 0 saturated carbocycles. The summed E-state index contributed by atoms with van der Waals surface area (Å²) in [5.41, 5.74) is 1.55. The summed E-state index contributed by atoms with van der Waals surface area (Å²) in [7, 11) is 0. The Labute approximate surface area is 169 Å². The number of carboxylic acid groups (broad SMARTS) is 1. The van der Waals surface area contributed by atoms with E-state index in [2.05, 4.69) is 5.32 Å². The van der Waals surface area contributed by atoms with Gasteiger partial charge in [-0.3, -0.25) is 9.59 Å². The number of nitrogens with one attached hydrogen (secondary N) is 1. The Morgan fingerprint density at radius 1 is 1.03 bits per heavy atom. The maximum atomic E-state index is 12.8. The number of hydrogen-bond acceptors (Lipinski definition) is 4. The monoisotopic (exact) mass is 396 g/mol. The van der Waals surface area contributed by atoms with Crippen molar-refractivity contribution in [1.82, 2.24) is 10.2 Å². The van der Waals surface area contributed by atoms with E-state index in [9.17, 15) is 24.6 Å². The second-order valence-corrected chi connectivity index (χ2v) is 7.18. The first-order chi connectivity index (χ1) is 13.9. The van der Waals surface area contributed by atoms with Crippen LogP contribution in [-0.2, 0) is 27.2 Å². The number of aromatic hydroxyl groups is 1. The second-order valence-electron chi connectivity index (χ2n) is 7.18. The first kappa shape index (κ1) is 20.4. The number of nitrogens with zero attached hydrogens (tertiary/aromatic N) is 1. The first-order valence-electron chi connectivity index (χ1n) is 9.58. The van der Waals surface area contributed by atoms with Gasteiger partial charge < -0.3 is 20.4 Å². The molecule has 0 spiro atoms. The number of rotatable bonds is 7. The highest BCUT2D eigenvalue weighted by Crippen LogP contribution is 2.20. The van der Waals surface area contributed by atoms with Crippen LogP contribution in [0.4, 0.5) is 0 Å². The number of carbonyl (C=O) groups is 3. The van der Waals surface area contributed by atoms with Crippen molar-refractivity contribution in [3.8, 4) is 5.75 Å². The maximum Gasteiger partial charge on any atom is 0.326 e. The first-order valence-corrected chi connectivity index (χ1v) is 9.58.